The molecule has 0 atom stereocenters. The number of sulfone groups is 1. The molecule has 0 bridgehead atoms. The summed E-state index contributed by atoms with van der Waals surface area (Å²) in [4.78, 5) is 4.37. The molecule has 0 radical (unpaired) electrons. The van der Waals surface area contributed by atoms with Crippen LogP contribution in [0.4, 0.5) is 0 Å². The molecular formula is C17H14ClNO3S2. The molecule has 0 saturated heterocycles. The van der Waals surface area contributed by atoms with Gasteiger partial charge in [0, 0.05) is 10.6 Å². The van der Waals surface area contributed by atoms with Gasteiger partial charge in [-0.25, -0.2) is 8.42 Å². The topological polar surface area (TPSA) is 60.2 Å². The van der Waals surface area contributed by atoms with Crippen LogP contribution in [0.15, 0.2) is 68.0 Å². The molecule has 0 saturated carbocycles. The minimum absolute atomic E-state index is 0.0760. The summed E-state index contributed by atoms with van der Waals surface area (Å²) in [7, 11) is -3.78. The van der Waals surface area contributed by atoms with Crippen molar-refractivity contribution in [1.29, 1.82) is 0 Å². The number of aromatic nitrogens is 1. The highest BCUT2D eigenvalue weighted by Gasteiger charge is 2.28. The highest BCUT2D eigenvalue weighted by molar-refractivity contribution is 7.99. The summed E-state index contributed by atoms with van der Waals surface area (Å²) in [6.07, 6.45) is 1.75. The van der Waals surface area contributed by atoms with Gasteiger partial charge in [-0.1, -0.05) is 41.1 Å². The quantitative estimate of drug-likeness (QED) is 0.606. The summed E-state index contributed by atoms with van der Waals surface area (Å²) in [5, 5.41) is 0.660. The molecule has 0 unspecified atom stereocenters. The van der Waals surface area contributed by atoms with Crippen LogP contribution < -0.4 is 0 Å². The Hall–Kier alpha value is -1.76. The Balaban J connectivity index is 2.10. The van der Waals surface area contributed by atoms with Gasteiger partial charge >= 0.3 is 0 Å². The van der Waals surface area contributed by atoms with Crippen molar-refractivity contribution in [2.45, 2.75) is 21.9 Å². The SMILES string of the molecule is CSc1oc(-c2ccc(C)cc2)nc1S(=O)(=O)c1ccc(Cl)cc1. The molecule has 3 aromatic rings. The van der Waals surface area contributed by atoms with E-state index in [0.717, 1.165) is 11.1 Å². The van der Waals surface area contributed by atoms with Gasteiger partial charge in [0.05, 0.1) is 4.90 Å². The Morgan fingerprint density at radius 1 is 1.04 bits per heavy atom. The lowest BCUT2D eigenvalue weighted by Gasteiger charge is -2.02. The monoisotopic (exact) mass is 379 g/mol. The summed E-state index contributed by atoms with van der Waals surface area (Å²) in [5.74, 6) is 0.284. The normalized spacial score (nSPS) is 11.6. The predicted octanol–water partition coefficient (Wildman–Crippen LogP) is 4.86. The Bertz CT molecular complexity index is 962. The van der Waals surface area contributed by atoms with E-state index in [0.29, 0.717) is 5.02 Å². The number of benzene rings is 2. The number of aryl methyl sites for hydroxylation is 1. The molecule has 0 aliphatic rings. The van der Waals surface area contributed by atoms with Crippen LogP contribution in [-0.2, 0) is 9.84 Å². The number of thioether (sulfide) groups is 1. The molecule has 0 aliphatic heterocycles. The fraction of sp³-hybridized carbons (Fsp3) is 0.118. The number of rotatable bonds is 4. The molecular weight excluding hydrogens is 366 g/mol. The largest absolute Gasteiger partial charge is 0.428 e. The van der Waals surface area contributed by atoms with Gasteiger partial charge in [-0.3, -0.25) is 0 Å². The molecule has 0 N–H and O–H groups in total. The lowest BCUT2D eigenvalue weighted by molar-refractivity contribution is 0.471. The third-order valence-electron chi connectivity index (χ3n) is 3.43. The maximum atomic E-state index is 12.8. The van der Waals surface area contributed by atoms with E-state index < -0.39 is 9.84 Å². The number of oxazole rings is 1. The average molecular weight is 380 g/mol. The minimum Gasteiger partial charge on any atom is -0.428 e. The molecule has 1 aromatic heterocycles. The van der Waals surface area contributed by atoms with Crippen molar-refractivity contribution in [3.63, 3.8) is 0 Å². The molecule has 24 heavy (non-hydrogen) atoms. The first-order chi connectivity index (χ1) is 11.4. The zero-order chi connectivity index (χ0) is 17.3. The number of nitrogens with zero attached hydrogens (tertiary/aromatic N) is 1. The lowest BCUT2D eigenvalue weighted by Crippen LogP contribution is -2.03. The van der Waals surface area contributed by atoms with Gasteiger partial charge in [0.15, 0.2) is 0 Å². The summed E-state index contributed by atoms with van der Waals surface area (Å²) in [6, 6.07) is 13.5. The maximum Gasteiger partial charge on any atom is 0.228 e. The predicted molar refractivity (Wildman–Crippen MR) is 95.4 cm³/mol. The Labute approximate surface area is 149 Å². The van der Waals surface area contributed by atoms with E-state index in [1.807, 2.05) is 31.2 Å². The average Bonchev–Trinajstić information content (AvgIpc) is 3.01. The number of hydrogen-bond acceptors (Lipinski definition) is 5. The molecule has 0 aliphatic carbocycles. The zero-order valence-electron chi connectivity index (χ0n) is 13.0. The van der Waals surface area contributed by atoms with Crippen LogP contribution in [0, 0.1) is 6.92 Å². The zero-order valence-corrected chi connectivity index (χ0v) is 15.4. The molecule has 0 fully saturated rings. The van der Waals surface area contributed by atoms with Crippen molar-refractivity contribution < 1.29 is 12.8 Å². The fourth-order valence-electron chi connectivity index (χ4n) is 2.14. The van der Waals surface area contributed by atoms with E-state index in [1.54, 1.807) is 6.26 Å². The van der Waals surface area contributed by atoms with Crippen molar-refractivity contribution in [2.24, 2.45) is 0 Å². The van der Waals surface area contributed by atoms with Crippen molar-refractivity contribution in [3.05, 3.63) is 59.1 Å². The number of hydrogen-bond donors (Lipinski definition) is 0. The second-order valence-electron chi connectivity index (χ2n) is 5.14. The van der Waals surface area contributed by atoms with E-state index in [4.69, 9.17) is 16.0 Å². The van der Waals surface area contributed by atoms with Gasteiger partial charge in [-0.05, 0) is 49.6 Å². The third-order valence-corrected chi connectivity index (χ3v) is 6.14. The van der Waals surface area contributed by atoms with Gasteiger partial charge in [-0.2, -0.15) is 4.98 Å². The molecule has 4 nitrogen and oxygen atoms in total. The first-order valence-electron chi connectivity index (χ1n) is 7.04. The van der Waals surface area contributed by atoms with Crippen molar-refractivity contribution in [3.8, 4) is 11.5 Å². The van der Waals surface area contributed by atoms with Crippen LogP contribution in [0.3, 0.4) is 0 Å². The highest BCUT2D eigenvalue weighted by Crippen LogP contribution is 2.34. The summed E-state index contributed by atoms with van der Waals surface area (Å²) >= 11 is 7.03. The maximum absolute atomic E-state index is 12.8. The Morgan fingerprint density at radius 3 is 2.25 bits per heavy atom. The van der Waals surface area contributed by atoms with Gasteiger partial charge in [0.2, 0.25) is 25.8 Å². The summed E-state index contributed by atoms with van der Waals surface area (Å²) in [6.45, 7) is 1.98. The van der Waals surface area contributed by atoms with Crippen LogP contribution in [0.1, 0.15) is 5.56 Å². The molecule has 3 rings (SSSR count). The smallest absolute Gasteiger partial charge is 0.228 e. The fourth-order valence-corrected chi connectivity index (χ4v) is 4.41. The first-order valence-corrected chi connectivity index (χ1v) is 10.1. The first kappa shape index (κ1) is 17.1. The van der Waals surface area contributed by atoms with Gasteiger partial charge < -0.3 is 4.42 Å². The Morgan fingerprint density at radius 2 is 1.67 bits per heavy atom. The van der Waals surface area contributed by atoms with Crippen LogP contribution in [0.2, 0.25) is 5.02 Å². The van der Waals surface area contributed by atoms with Crippen molar-refractivity contribution in [1.82, 2.24) is 4.98 Å². The standard InChI is InChI=1S/C17H14ClNO3S2/c1-11-3-5-12(6-4-11)15-19-16(17(22-15)23-2)24(20,21)14-9-7-13(18)8-10-14/h3-10H,1-2H3. The van der Waals surface area contributed by atoms with Crippen molar-refractivity contribution >= 4 is 33.2 Å². The molecule has 1 heterocycles. The van der Waals surface area contributed by atoms with Gasteiger partial charge in [0.1, 0.15) is 0 Å². The molecule has 7 heteroatoms. The summed E-state index contributed by atoms with van der Waals surface area (Å²) in [5.41, 5.74) is 1.83. The van der Waals surface area contributed by atoms with E-state index in [1.165, 1.54) is 36.0 Å². The second kappa shape index (κ2) is 6.63. The molecule has 0 spiro atoms. The number of halogens is 1. The van der Waals surface area contributed by atoms with Crippen LogP contribution in [0.5, 0.6) is 0 Å². The van der Waals surface area contributed by atoms with Crippen LogP contribution in [-0.4, -0.2) is 19.7 Å². The van der Waals surface area contributed by atoms with E-state index in [9.17, 15) is 8.42 Å². The Kier molecular flexibility index (Phi) is 4.71. The molecule has 124 valence electrons. The minimum atomic E-state index is -3.78. The van der Waals surface area contributed by atoms with E-state index >= 15 is 0 Å². The molecule has 0 amide bonds. The van der Waals surface area contributed by atoms with E-state index in [-0.39, 0.29) is 20.9 Å². The third kappa shape index (κ3) is 3.22. The second-order valence-corrected chi connectivity index (χ2v) is 8.22. The van der Waals surface area contributed by atoms with Crippen molar-refractivity contribution in [2.75, 3.05) is 6.26 Å². The lowest BCUT2D eigenvalue weighted by atomic mass is 10.1. The molecule has 2 aromatic carbocycles. The van der Waals surface area contributed by atoms with Gasteiger partial charge in [-0.15, -0.1) is 0 Å². The summed E-state index contributed by atoms with van der Waals surface area (Å²) < 4.78 is 31.4. The van der Waals surface area contributed by atoms with E-state index in [2.05, 4.69) is 4.98 Å². The van der Waals surface area contributed by atoms with Crippen LogP contribution >= 0.6 is 23.4 Å². The highest BCUT2D eigenvalue weighted by atomic mass is 35.5. The van der Waals surface area contributed by atoms with Crippen LogP contribution in [0.25, 0.3) is 11.5 Å². The van der Waals surface area contributed by atoms with Gasteiger partial charge in [0.25, 0.3) is 0 Å².